The van der Waals surface area contributed by atoms with Crippen LogP contribution in [-0.2, 0) is 24.3 Å². The highest BCUT2D eigenvalue weighted by molar-refractivity contribution is 5.74. The maximum atomic E-state index is 11.9. The molecule has 7 nitrogen and oxygen atoms in total. The molecule has 0 aliphatic carbocycles. The van der Waals surface area contributed by atoms with Gasteiger partial charge in [-0.3, -0.25) is 9.69 Å². The van der Waals surface area contributed by atoms with Crippen molar-refractivity contribution >= 4 is 5.91 Å². The average Bonchev–Trinajstić information content (AvgIpc) is 3.26. The molecule has 1 atom stereocenters. The van der Waals surface area contributed by atoms with Crippen LogP contribution in [0, 0.1) is 0 Å². The predicted molar refractivity (Wildman–Crippen MR) is 101 cm³/mol. The van der Waals surface area contributed by atoms with E-state index in [1.165, 1.54) is 5.56 Å². The molecule has 1 amide bonds. The lowest BCUT2D eigenvalue weighted by atomic mass is 10.2. The first-order valence-electron chi connectivity index (χ1n) is 9.70. The fourth-order valence-electron chi connectivity index (χ4n) is 4.23. The summed E-state index contributed by atoms with van der Waals surface area (Å²) < 4.78 is 7.58. The summed E-state index contributed by atoms with van der Waals surface area (Å²) >= 11 is 0. The number of hydrogen-bond donors (Lipinski definition) is 0. The lowest BCUT2D eigenvalue weighted by Crippen LogP contribution is -2.31. The quantitative estimate of drug-likeness (QED) is 0.825. The SMILES string of the molecule is COc1cccc(CN2CCc3nnc([C@H]4CCCN4C(C)=O)n3CC2)c1. The molecular weight excluding hydrogens is 342 g/mol. The van der Waals surface area contributed by atoms with E-state index < -0.39 is 0 Å². The van der Waals surface area contributed by atoms with Gasteiger partial charge in [0.2, 0.25) is 5.91 Å². The first-order chi connectivity index (χ1) is 13.2. The number of hydrogen-bond acceptors (Lipinski definition) is 5. The standard InChI is InChI=1S/C20H27N5O2/c1-15(26)24-9-4-7-18(24)20-22-21-19-8-10-23(11-12-25(19)20)14-16-5-3-6-17(13-16)27-2/h3,5-6,13,18H,4,7-12,14H2,1-2H3/t18-/m1/s1. The number of benzene rings is 1. The average molecular weight is 369 g/mol. The Balaban J connectivity index is 1.47. The molecule has 2 aliphatic heterocycles. The molecule has 2 aliphatic rings. The van der Waals surface area contributed by atoms with E-state index in [1.807, 2.05) is 17.0 Å². The second-order valence-corrected chi connectivity index (χ2v) is 7.37. The van der Waals surface area contributed by atoms with Crippen molar-refractivity contribution in [1.82, 2.24) is 24.6 Å². The van der Waals surface area contributed by atoms with E-state index >= 15 is 0 Å². The van der Waals surface area contributed by atoms with E-state index in [1.54, 1.807) is 14.0 Å². The van der Waals surface area contributed by atoms with Gasteiger partial charge in [0.05, 0.1) is 13.2 Å². The van der Waals surface area contributed by atoms with E-state index in [0.717, 1.165) is 69.4 Å². The summed E-state index contributed by atoms with van der Waals surface area (Å²) in [5.74, 6) is 3.02. The number of carbonyl (C=O) groups is 1. The van der Waals surface area contributed by atoms with E-state index in [-0.39, 0.29) is 11.9 Å². The molecule has 1 aromatic heterocycles. The first kappa shape index (κ1) is 18.0. The summed E-state index contributed by atoms with van der Waals surface area (Å²) in [6.07, 6.45) is 2.89. The molecule has 0 radical (unpaired) electrons. The number of rotatable bonds is 4. The van der Waals surface area contributed by atoms with Gasteiger partial charge in [-0.1, -0.05) is 12.1 Å². The molecule has 1 saturated heterocycles. The van der Waals surface area contributed by atoms with Crippen molar-refractivity contribution in [1.29, 1.82) is 0 Å². The van der Waals surface area contributed by atoms with Gasteiger partial charge in [-0.25, -0.2) is 0 Å². The molecule has 3 heterocycles. The summed E-state index contributed by atoms with van der Waals surface area (Å²) in [6, 6.07) is 8.33. The second kappa shape index (κ2) is 7.68. The smallest absolute Gasteiger partial charge is 0.220 e. The van der Waals surface area contributed by atoms with Crippen LogP contribution in [0.2, 0.25) is 0 Å². The summed E-state index contributed by atoms with van der Waals surface area (Å²) in [6.45, 7) is 6.13. The van der Waals surface area contributed by atoms with Crippen molar-refractivity contribution in [3.05, 3.63) is 41.5 Å². The van der Waals surface area contributed by atoms with Crippen LogP contribution in [0.3, 0.4) is 0 Å². The van der Waals surface area contributed by atoms with Gasteiger partial charge in [0.25, 0.3) is 0 Å². The van der Waals surface area contributed by atoms with E-state index in [9.17, 15) is 4.79 Å². The van der Waals surface area contributed by atoms with Crippen LogP contribution in [0.25, 0.3) is 0 Å². The Morgan fingerprint density at radius 3 is 2.93 bits per heavy atom. The first-order valence-corrected chi connectivity index (χ1v) is 9.70. The van der Waals surface area contributed by atoms with Crippen molar-refractivity contribution in [2.45, 2.75) is 45.3 Å². The number of aromatic nitrogens is 3. The minimum absolute atomic E-state index is 0.0775. The third kappa shape index (κ3) is 3.69. The van der Waals surface area contributed by atoms with Crippen LogP contribution in [0.1, 0.15) is 43.0 Å². The summed E-state index contributed by atoms with van der Waals surface area (Å²) in [5.41, 5.74) is 1.26. The molecule has 0 saturated carbocycles. The molecule has 0 spiro atoms. The van der Waals surface area contributed by atoms with Gasteiger partial charge in [0.15, 0.2) is 5.82 Å². The molecule has 1 aromatic carbocycles. The topological polar surface area (TPSA) is 63.5 Å². The minimum Gasteiger partial charge on any atom is -0.497 e. The third-order valence-corrected chi connectivity index (χ3v) is 5.64. The van der Waals surface area contributed by atoms with Crippen molar-refractivity contribution in [2.75, 3.05) is 26.7 Å². The molecule has 1 fully saturated rings. The molecular formula is C20H27N5O2. The zero-order chi connectivity index (χ0) is 18.8. The lowest BCUT2D eigenvalue weighted by molar-refractivity contribution is -0.129. The number of ether oxygens (including phenoxy) is 1. The van der Waals surface area contributed by atoms with E-state index in [0.29, 0.717) is 0 Å². The van der Waals surface area contributed by atoms with Crippen molar-refractivity contribution in [3.63, 3.8) is 0 Å². The van der Waals surface area contributed by atoms with Crippen molar-refractivity contribution in [2.24, 2.45) is 0 Å². The lowest BCUT2D eigenvalue weighted by Gasteiger charge is -2.24. The fraction of sp³-hybridized carbons (Fsp3) is 0.550. The van der Waals surface area contributed by atoms with Crippen LogP contribution in [0.15, 0.2) is 24.3 Å². The Morgan fingerprint density at radius 2 is 2.11 bits per heavy atom. The molecule has 2 aromatic rings. The van der Waals surface area contributed by atoms with Crippen LogP contribution in [0.4, 0.5) is 0 Å². The Kier molecular flexibility index (Phi) is 5.11. The predicted octanol–water partition coefficient (Wildman–Crippen LogP) is 2.03. The molecule has 27 heavy (non-hydrogen) atoms. The molecule has 7 heteroatoms. The maximum Gasteiger partial charge on any atom is 0.220 e. The van der Waals surface area contributed by atoms with Gasteiger partial charge in [0.1, 0.15) is 11.6 Å². The Hall–Kier alpha value is -2.41. The Morgan fingerprint density at radius 1 is 1.22 bits per heavy atom. The van der Waals surface area contributed by atoms with Gasteiger partial charge in [0, 0.05) is 46.1 Å². The van der Waals surface area contributed by atoms with Gasteiger partial charge in [-0.05, 0) is 30.5 Å². The number of likely N-dealkylation sites (tertiary alicyclic amines) is 1. The van der Waals surface area contributed by atoms with Crippen LogP contribution >= 0.6 is 0 Å². The number of carbonyl (C=O) groups excluding carboxylic acids is 1. The molecule has 144 valence electrons. The highest BCUT2D eigenvalue weighted by atomic mass is 16.5. The largest absolute Gasteiger partial charge is 0.497 e. The molecule has 4 rings (SSSR count). The molecule has 0 bridgehead atoms. The highest BCUT2D eigenvalue weighted by Gasteiger charge is 2.33. The number of nitrogens with zero attached hydrogens (tertiary/aromatic N) is 5. The Labute approximate surface area is 159 Å². The second-order valence-electron chi connectivity index (χ2n) is 7.37. The van der Waals surface area contributed by atoms with Crippen LogP contribution in [0.5, 0.6) is 5.75 Å². The van der Waals surface area contributed by atoms with E-state index in [4.69, 9.17) is 4.74 Å². The van der Waals surface area contributed by atoms with Crippen molar-refractivity contribution < 1.29 is 9.53 Å². The third-order valence-electron chi connectivity index (χ3n) is 5.64. The van der Waals surface area contributed by atoms with E-state index in [2.05, 4.69) is 31.8 Å². The zero-order valence-electron chi connectivity index (χ0n) is 16.1. The fourth-order valence-corrected chi connectivity index (χ4v) is 4.23. The summed E-state index contributed by atoms with van der Waals surface area (Å²) in [4.78, 5) is 16.3. The number of methoxy groups -OCH3 is 1. The molecule has 0 unspecified atom stereocenters. The van der Waals surface area contributed by atoms with Gasteiger partial charge in [-0.2, -0.15) is 0 Å². The van der Waals surface area contributed by atoms with Gasteiger partial charge in [-0.15, -0.1) is 10.2 Å². The summed E-state index contributed by atoms with van der Waals surface area (Å²) in [5, 5.41) is 8.92. The Bertz CT molecular complexity index is 818. The number of amides is 1. The maximum absolute atomic E-state index is 11.9. The van der Waals surface area contributed by atoms with Gasteiger partial charge >= 0.3 is 0 Å². The van der Waals surface area contributed by atoms with Crippen LogP contribution in [-0.4, -0.2) is 57.2 Å². The summed E-state index contributed by atoms with van der Waals surface area (Å²) in [7, 11) is 1.70. The normalized spacial score (nSPS) is 20.4. The minimum atomic E-state index is 0.0775. The monoisotopic (exact) mass is 369 g/mol. The highest BCUT2D eigenvalue weighted by Crippen LogP contribution is 2.31. The van der Waals surface area contributed by atoms with Crippen molar-refractivity contribution in [3.8, 4) is 5.75 Å². The zero-order valence-corrected chi connectivity index (χ0v) is 16.1. The number of fused-ring (bicyclic) bond motifs is 1. The molecule has 0 N–H and O–H groups in total. The van der Waals surface area contributed by atoms with Gasteiger partial charge < -0.3 is 14.2 Å². The van der Waals surface area contributed by atoms with Crippen LogP contribution < -0.4 is 4.74 Å².